The van der Waals surface area contributed by atoms with E-state index in [-0.39, 0.29) is 0 Å². The fourth-order valence-corrected chi connectivity index (χ4v) is 5.20. The van der Waals surface area contributed by atoms with Gasteiger partial charge in [-0.15, -0.1) is 0 Å². The summed E-state index contributed by atoms with van der Waals surface area (Å²) in [4.78, 5) is 2.48. The molecule has 0 unspecified atom stereocenters. The molecule has 4 aromatic rings. The molecule has 9 heteroatoms. The molecule has 37 heavy (non-hydrogen) atoms. The Hall–Kier alpha value is -4.07. The minimum Gasteiger partial charge on any atom is -0.363 e. The number of nitrogens with one attached hydrogen (secondary N) is 3. The van der Waals surface area contributed by atoms with Crippen molar-refractivity contribution < 1.29 is 16.3 Å². The molecular formula is C28H33N8S+3. The van der Waals surface area contributed by atoms with Crippen LogP contribution in [0.1, 0.15) is 24.0 Å². The minimum atomic E-state index is 0.654. The molecule has 1 fully saturated rings. The van der Waals surface area contributed by atoms with Gasteiger partial charge in [-0.2, -0.15) is 5.26 Å². The lowest BCUT2D eigenvalue weighted by molar-refractivity contribution is -0.539. The predicted octanol–water partition coefficient (Wildman–Crippen LogP) is 3.19. The number of nitrogen functional groups attached to an aromatic ring is 3. The van der Waals surface area contributed by atoms with Crippen molar-refractivity contribution in [1.29, 1.82) is 5.26 Å². The number of nitrogens with two attached hydrogens (primary N) is 3. The fourth-order valence-electron chi connectivity index (χ4n) is 4.25. The summed E-state index contributed by atoms with van der Waals surface area (Å²) in [7, 11) is 0. The summed E-state index contributed by atoms with van der Waals surface area (Å²) < 4.78 is 0. The number of rotatable bonds is 10. The Kier molecular flexibility index (Phi) is 7.84. The molecule has 9 N–H and O–H groups in total. The van der Waals surface area contributed by atoms with E-state index in [1.807, 2.05) is 34.3 Å². The van der Waals surface area contributed by atoms with E-state index in [2.05, 4.69) is 94.2 Å². The molecule has 0 aliphatic carbocycles. The van der Waals surface area contributed by atoms with Crippen LogP contribution in [0, 0.1) is 18.3 Å². The number of benzene rings is 3. The monoisotopic (exact) mass is 513 g/mol. The largest absolute Gasteiger partial charge is 0.363 e. The van der Waals surface area contributed by atoms with Crippen molar-refractivity contribution in [3.8, 4) is 6.07 Å². The number of aryl methyl sites for hydroxylation is 1. The van der Waals surface area contributed by atoms with Gasteiger partial charge in [-0.25, -0.2) is 32.6 Å². The maximum atomic E-state index is 8.91. The third-order valence-corrected chi connectivity index (χ3v) is 7.50. The third kappa shape index (κ3) is 6.58. The van der Waals surface area contributed by atoms with Crippen molar-refractivity contribution in [3.05, 3.63) is 90.0 Å². The first-order valence-electron chi connectivity index (χ1n) is 12.5. The average Bonchev–Trinajstić information content (AvgIpc) is 3.64. The van der Waals surface area contributed by atoms with Crippen molar-refractivity contribution in [3.63, 3.8) is 0 Å². The zero-order valence-electron chi connectivity index (χ0n) is 20.9. The molecule has 0 saturated carbocycles. The molecule has 1 aromatic heterocycles. The molecule has 0 atom stereocenters. The molecule has 1 aliphatic heterocycles. The predicted molar refractivity (Wildman–Crippen MR) is 150 cm³/mol. The van der Waals surface area contributed by atoms with Gasteiger partial charge < -0.3 is 4.90 Å². The van der Waals surface area contributed by atoms with E-state index in [9.17, 15) is 0 Å². The van der Waals surface area contributed by atoms with Gasteiger partial charge >= 0.3 is 0 Å². The summed E-state index contributed by atoms with van der Waals surface area (Å²) in [6.07, 6.45) is 2.60. The Morgan fingerprint density at radius 3 is 2.11 bits per heavy atom. The number of hydrogen-bond acceptors (Lipinski definition) is 6. The number of nitrogens with zero attached hydrogens (tertiary/aromatic N) is 2. The van der Waals surface area contributed by atoms with Crippen LogP contribution < -0.4 is 37.5 Å². The Morgan fingerprint density at radius 1 is 0.757 bits per heavy atom. The molecule has 2 heterocycles. The van der Waals surface area contributed by atoms with Crippen LogP contribution >= 0.6 is 11.3 Å². The lowest BCUT2D eigenvalue weighted by Gasteiger charge is -2.13. The summed E-state index contributed by atoms with van der Waals surface area (Å²) in [5.74, 6) is 0. The first kappa shape index (κ1) is 24.6. The Bertz CT molecular complexity index is 1350. The van der Waals surface area contributed by atoms with Crippen molar-refractivity contribution >= 4 is 49.8 Å². The van der Waals surface area contributed by atoms with Crippen molar-refractivity contribution in [2.75, 3.05) is 34.3 Å². The van der Waals surface area contributed by atoms with Gasteiger partial charge in [0, 0.05) is 42.9 Å². The van der Waals surface area contributed by atoms with Crippen LogP contribution in [0.3, 0.4) is 0 Å². The number of nitriles is 1. The zero-order valence-corrected chi connectivity index (χ0v) is 21.7. The van der Waals surface area contributed by atoms with Gasteiger partial charge in [0.2, 0.25) is 5.00 Å². The normalized spacial score (nSPS) is 12.8. The van der Waals surface area contributed by atoms with E-state index in [0.29, 0.717) is 5.56 Å². The lowest BCUT2D eigenvalue weighted by Crippen LogP contribution is -2.83. The molecule has 188 valence electrons. The van der Waals surface area contributed by atoms with E-state index in [1.54, 1.807) is 12.1 Å². The molecule has 8 nitrogen and oxygen atoms in total. The zero-order chi connectivity index (χ0) is 25.5. The SMILES string of the molecule is Cc1cc(N[NH2+]c2ccc(N3CCCC3)s2)ccc1[NH2+]Nc1ccc([NH2+]Nc2ccc(C#N)cc2)cc1. The highest BCUT2D eigenvalue weighted by Gasteiger charge is 2.15. The summed E-state index contributed by atoms with van der Waals surface area (Å²) in [6.45, 7) is 4.48. The quantitative estimate of drug-likeness (QED) is 0.111. The average molecular weight is 514 g/mol. The van der Waals surface area contributed by atoms with Crippen LogP contribution in [0.25, 0.3) is 0 Å². The van der Waals surface area contributed by atoms with Gasteiger partial charge in [0.05, 0.1) is 33.7 Å². The van der Waals surface area contributed by atoms with Gasteiger partial charge in [0.25, 0.3) is 0 Å². The Balaban J connectivity index is 1.08. The van der Waals surface area contributed by atoms with Gasteiger partial charge in [-0.1, -0.05) is 11.3 Å². The summed E-state index contributed by atoms with van der Waals surface area (Å²) >= 11 is 1.84. The molecule has 5 rings (SSSR count). The van der Waals surface area contributed by atoms with Crippen LogP contribution in [0.4, 0.5) is 38.4 Å². The lowest BCUT2D eigenvalue weighted by atomic mass is 10.2. The van der Waals surface area contributed by atoms with Crippen LogP contribution in [0.5, 0.6) is 0 Å². The number of hydrogen-bond donors (Lipinski definition) is 6. The Morgan fingerprint density at radius 2 is 1.41 bits per heavy atom. The van der Waals surface area contributed by atoms with Crippen LogP contribution in [0.2, 0.25) is 0 Å². The molecule has 0 spiro atoms. The first-order valence-corrected chi connectivity index (χ1v) is 13.3. The van der Waals surface area contributed by atoms with Gasteiger partial charge in [0.1, 0.15) is 0 Å². The fraction of sp³-hybridized carbons (Fsp3) is 0.179. The molecule has 1 aliphatic rings. The van der Waals surface area contributed by atoms with Gasteiger partial charge in [-0.05, 0) is 74.4 Å². The van der Waals surface area contributed by atoms with E-state index in [0.717, 1.165) is 28.4 Å². The smallest absolute Gasteiger partial charge is 0.211 e. The maximum Gasteiger partial charge on any atom is 0.211 e. The molecule has 3 aromatic carbocycles. The van der Waals surface area contributed by atoms with Crippen LogP contribution in [0.15, 0.2) is 78.9 Å². The Labute approximate surface area is 221 Å². The van der Waals surface area contributed by atoms with Gasteiger partial charge in [-0.3, -0.25) is 0 Å². The van der Waals surface area contributed by atoms with Crippen molar-refractivity contribution in [2.24, 2.45) is 0 Å². The van der Waals surface area contributed by atoms with E-state index in [4.69, 9.17) is 5.26 Å². The highest BCUT2D eigenvalue weighted by molar-refractivity contribution is 7.19. The molecule has 0 amide bonds. The van der Waals surface area contributed by atoms with Crippen LogP contribution in [-0.2, 0) is 0 Å². The van der Waals surface area contributed by atoms with Gasteiger partial charge in [0.15, 0.2) is 11.4 Å². The second-order valence-electron chi connectivity index (χ2n) is 9.12. The topological polar surface area (TPSA) is 113 Å². The number of anilines is 4. The highest BCUT2D eigenvalue weighted by Crippen LogP contribution is 2.29. The molecule has 0 bridgehead atoms. The second-order valence-corrected chi connectivity index (χ2v) is 10.2. The standard InChI is InChI=1S/C28H30N8S/c1-20-18-25(33-35-27-14-15-28(37-27)36-16-2-3-17-36)12-13-26(20)34-32-24-10-8-23(9-11-24)31-30-22-6-4-21(19-29)5-7-22/h4-15,18,30-35H,2-3,16-17H2,1H3/p+3. The summed E-state index contributed by atoms with van der Waals surface area (Å²) in [5.41, 5.74) is 23.3. The van der Waals surface area contributed by atoms with Crippen LogP contribution in [-0.4, -0.2) is 13.1 Å². The number of quaternary nitrogens is 3. The summed E-state index contributed by atoms with van der Waals surface area (Å²) in [6, 6.07) is 28.6. The summed E-state index contributed by atoms with van der Waals surface area (Å²) in [5, 5.41) is 11.5. The second kappa shape index (κ2) is 11.8. The van der Waals surface area contributed by atoms with Crippen molar-refractivity contribution in [2.45, 2.75) is 19.8 Å². The molecular weight excluding hydrogens is 480 g/mol. The maximum absolute atomic E-state index is 8.91. The number of thiophene rings is 1. The highest BCUT2D eigenvalue weighted by atomic mass is 32.1. The van der Waals surface area contributed by atoms with E-state index in [1.165, 1.54) is 41.5 Å². The third-order valence-electron chi connectivity index (χ3n) is 6.41. The van der Waals surface area contributed by atoms with E-state index >= 15 is 0 Å². The van der Waals surface area contributed by atoms with E-state index < -0.39 is 0 Å². The van der Waals surface area contributed by atoms with Crippen molar-refractivity contribution in [1.82, 2.24) is 0 Å². The molecule has 1 saturated heterocycles. The first-order chi connectivity index (χ1) is 18.2. The molecule has 0 radical (unpaired) electrons. The minimum absolute atomic E-state index is 0.654.